The Bertz CT molecular complexity index is 1080. The molecule has 8 nitrogen and oxygen atoms in total. The van der Waals surface area contributed by atoms with Gasteiger partial charge in [0.1, 0.15) is 5.02 Å². The number of halogens is 1. The third-order valence-corrected chi connectivity index (χ3v) is 7.24. The number of aryl methyl sites for hydroxylation is 2. The Labute approximate surface area is 173 Å². The molecule has 0 spiro atoms. The van der Waals surface area contributed by atoms with Gasteiger partial charge in [-0.15, -0.1) is 0 Å². The summed E-state index contributed by atoms with van der Waals surface area (Å²) in [5, 5.41) is 11.0. The van der Waals surface area contributed by atoms with Crippen LogP contribution >= 0.6 is 11.6 Å². The monoisotopic (exact) mass is 437 g/mol. The van der Waals surface area contributed by atoms with Gasteiger partial charge in [0, 0.05) is 37.8 Å². The van der Waals surface area contributed by atoms with Crippen LogP contribution in [-0.2, 0) is 10.0 Å². The van der Waals surface area contributed by atoms with Gasteiger partial charge in [-0.05, 0) is 37.6 Å². The van der Waals surface area contributed by atoms with Gasteiger partial charge in [-0.25, -0.2) is 8.42 Å². The highest BCUT2D eigenvalue weighted by molar-refractivity contribution is 7.89. The molecule has 0 radical (unpaired) electrons. The van der Waals surface area contributed by atoms with Crippen LogP contribution in [0.15, 0.2) is 41.3 Å². The summed E-state index contributed by atoms with van der Waals surface area (Å²) in [5.41, 5.74) is 1.46. The number of hydrogen-bond acceptors (Lipinski definition) is 5. The normalized spacial score (nSPS) is 15.3. The maximum absolute atomic E-state index is 13.0. The van der Waals surface area contributed by atoms with Crippen LogP contribution in [0, 0.1) is 24.0 Å². The Balaban J connectivity index is 1.74. The molecule has 0 atom stereocenters. The van der Waals surface area contributed by atoms with Crippen molar-refractivity contribution in [3.05, 3.63) is 68.2 Å². The number of amides is 1. The largest absolute Gasteiger partial charge is 0.336 e. The lowest BCUT2D eigenvalue weighted by Crippen LogP contribution is -2.50. The molecule has 10 heteroatoms. The summed E-state index contributed by atoms with van der Waals surface area (Å²) in [6, 6.07) is 9.06. The lowest BCUT2D eigenvalue weighted by Gasteiger charge is -2.34. The van der Waals surface area contributed by atoms with Crippen molar-refractivity contribution in [3.8, 4) is 0 Å². The predicted molar refractivity (Wildman–Crippen MR) is 109 cm³/mol. The first-order chi connectivity index (χ1) is 13.6. The van der Waals surface area contributed by atoms with Crippen LogP contribution in [0.1, 0.15) is 21.5 Å². The van der Waals surface area contributed by atoms with Gasteiger partial charge in [-0.1, -0.05) is 29.3 Å². The average molecular weight is 438 g/mol. The molecular weight excluding hydrogens is 418 g/mol. The molecule has 0 N–H and O–H groups in total. The van der Waals surface area contributed by atoms with Crippen LogP contribution in [0.3, 0.4) is 0 Å². The first kappa shape index (κ1) is 21.2. The first-order valence-electron chi connectivity index (χ1n) is 8.92. The maximum atomic E-state index is 13.0. The molecule has 1 saturated heterocycles. The summed E-state index contributed by atoms with van der Waals surface area (Å²) >= 11 is 5.79. The van der Waals surface area contributed by atoms with E-state index in [1.165, 1.54) is 21.3 Å². The number of carbonyl (C=O) groups excluding carboxylic acids is 1. The average Bonchev–Trinajstić information content (AvgIpc) is 2.67. The molecule has 1 aliphatic heterocycles. The van der Waals surface area contributed by atoms with Gasteiger partial charge in [0.05, 0.1) is 9.82 Å². The number of piperazine rings is 1. The summed E-state index contributed by atoms with van der Waals surface area (Å²) in [6.07, 6.45) is 0. The van der Waals surface area contributed by atoms with E-state index in [4.69, 9.17) is 11.6 Å². The fraction of sp³-hybridized carbons (Fsp3) is 0.316. The van der Waals surface area contributed by atoms with Crippen molar-refractivity contribution in [1.82, 2.24) is 9.21 Å². The SMILES string of the molecule is Cc1ccc(S(=O)(=O)N2CCN(C(=O)c3ccc(Cl)c([N+](=O)[O-])c3)CC2)c(C)c1. The van der Waals surface area contributed by atoms with Gasteiger partial charge in [0.15, 0.2) is 0 Å². The predicted octanol–water partition coefficient (Wildman–Crippen LogP) is 3.01. The highest BCUT2D eigenvalue weighted by atomic mass is 35.5. The minimum atomic E-state index is -3.66. The van der Waals surface area contributed by atoms with Gasteiger partial charge < -0.3 is 4.90 Å². The molecule has 154 valence electrons. The molecule has 3 rings (SSSR count). The molecule has 1 fully saturated rings. The number of nitrogens with zero attached hydrogens (tertiary/aromatic N) is 3. The van der Waals surface area contributed by atoms with E-state index in [0.29, 0.717) is 5.56 Å². The molecule has 0 unspecified atom stereocenters. The van der Waals surface area contributed by atoms with Crippen molar-refractivity contribution in [3.63, 3.8) is 0 Å². The van der Waals surface area contributed by atoms with Crippen LogP contribution in [0.5, 0.6) is 0 Å². The fourth-order valence-corrected chi connectivity index (χ4v) is 5.14. The van der Waals surface area contributed by atoms with E-state index in [0.717, 1.165) is 11.6 Å². The van der Waals surface area contributed by atoms with E-state index in [2.05, 4.69) is 0 Å². The van der Waals surface area contributed by atoms with Crippen molar-refractivity contribution in [1.29, 1.82) is 0 Å². The van der Waals surface area contributed by atoms with Crippen LogP contribution in [0.2, 0.25) is 5.02 Å². The maximum Gasteiger partial charge on any atom is 0.288 e. The molecule has 1 aliphatic rings. The smallest absolute Gasteiger partial charge is 0.288 e. The Morgan fingerprint density at radius 1 is 1.07 bits per heavy atom. The van der Waals surface area contributed by atoms with E-state index in [9.17, 15) is 23.3 Å². The van der Waals surface area contributed by atoms with Crippen LogP contribution in [-0.4, -0.2) is 54.6 Å². The second-order valence-corrected chi connectivity index (χ2v) is 9.20. The Morgan fingerprint density at radius 3 is 2.31 bits per heavy atom. The topological polar surface area (TPSA) is 101 Å². The van der Waals surface area contributed by atoms with Crippen molar-refractivity contribution >= 4 is 33.2 Å². The van der Waals surface area contributed by atoms with Gasteiger partial charge >= 0.3 is 0 Å². The third kappa shape index (κ3) is 4.26. The molecule has 1 amide bonds. The molecular formula is C19H20ClN3O5S. The number of rotatable bonds is 4. The first-order valence-corrected chi connectivity index (χ1v) is 10.7. The van der Waals surface area contributed by atoms with Crippen LogP contribution < -0.4 is 0 Å². The molecule has 29 heavy (non-hydrogen) atoms. The lowest BCUT2D eigenvalue weighted by molar-refractivity contribution is -0.384. The van der Waals surface area contributed by atoms with E-state index < -0.39 is 20.9 Å². The molecule has 2 aromatic carbocycles. The molecule has 0 saturated carbocycles. The number of nitro benzene ring substituents is 1. The minimum absolute atomic E-state index is 0.0454. The highest BCUT2D eigenvalue weighted by Gasteiger charge is 2.31. The van der Waals surface area contributed by atoms with E-state index in [-0.39, 0.29) is 47.3 Å². The summed E-state index contributed by atoms with van der Waals surface area (Å²) < 4.78 is 27.3. The second-order valence-electron chi connectivity index (χ2n) is 6.89. The Kier molecular flexibility index (Phi) is 5.92. The zero-order valence-electron chi connectivity index (χ0n) is 16.0. The van der Waals surface area contributed by atoms with Crippen LogP contribution in [0.4, 0.5) is 5.69 Å². The van der Waals surface area contributed by atoms with Crippen molar-refractivity contribution in [2.75, 3.05) is 26.2 Å². The van der Waals surface area contributed by atoms with Crippen molar-refractivity contribution < 1.29 is 18.1 Å². The molecule has 0 bridgehead atoms. The number of sulfonamides is 1. The van der Waals surface area contributed by atoms with Crippen LogP contribution in [0.25, 0.3) is 0 Å². The summed E-state index contributed by atoms with van der Waals surface area (Å²) in [4.78, 5) is 24.8. The fourth-order valence-electron chi connectivity index (χ4n) is 3.33. The quantitative estimate of drug-likeness (QED) is 0.540. The standard InChI is InChI=1S/C19H20ClN3O5S/c1-13-3-6-18(14(2)11-13)29(27,28)22-9-7-21(8-10-22)19(24)15-4-5-16(20)17(12-15)23(25)26/h3-6,11-12H,7-10H2,1-2H3. The summed E-state index contributed by atoms with van der Waals surface area (Å²) in [5.74, 6) is -0.395. The highest BCUT2D eigenvalue weighted by Crippen LogP contribution is 2.26. The summed E-state index contributed by atoms with van der Waals surface area (Å²) in [6.45, 7) is 4.34. The minimum Gasteiger partial charge on any atom is -0.336 e. The molecule has 2 aromatic rings. The molecule has 0 aromatic heterocycles. The van der Waals surface area contributed by atoms with E-state index in [1.807, 2.05) is 13.0 Å². The Hall–Kier alpha value is -2.49. The zero-order chi connectivity index (χ0) is 21.3. The molecule has 1 heterocycles. The Morgan fingerprint density at radius 2 is 1.72 bits per heavy atom. The van der Waals surface area contributed by atoms with Gasteiger partial charge in [0.25, 0.3) is 11.6 Å². The number of hydrogen-bond donors (Lipinski definition) is 0. The summed E-state index contributed by atoms with van der Waals surface area (Å²) in [7, 11) is -3.66. The van der Waals surface area contributed by atoms with E-state index >= 15 is 0 Å². The van der Waals surface area contributed by atoms with Gasteiger partial charge in [-0.3, -0.25) is 14.9 Å². The number of benzene rings is 2. The van der Waals surface area contributed by atoms with E-state index in [1.54, 1.807) is 19.1 Å². The zero-order valence-corrected chi connectivity index (χ0v) is 17.5. The van der Waals surface area contributed by atoms with Crippen molar-refractivity contribution in [2.45, 2.75) is 18.7 Å². The second kappa shape index (κ2) is 8.10. The number of nitro groups is 1. The molecule has 0 aliphatic carbocycles. The number of carbonyl (C=O) groups is 1. The lowest BCUT2D eigenvalue weighted by atomic mass is 10.1. The third-order valence-electron chi connectivity index (χ3n) is 4.86. The van der Waals surface area contributed by atoms with Gasteiger partial charge in [-0.2, -0.15) is 4.31 Å². The van der Waals surface area contributed by atoms with Crippen molar-refractivity contribution in [2.24, 2.45) is 0 Å². The van der Waals surface area contributed by atoms with Gasteiger partial charge in [0.2, 0.25) is 10.0 Å².